The van der Waals surface area contributed by atoms with E-state index in [1.165, 1.54) is 0 Å². The van der Waals surface area contributed by atoms with Crippen molar-refractivity contribution >= 4 is 27.5 Å². The molecule has 2 aromatic rings. The zero-order valence-corrected chi connectivity index (χ0v) is 13.4. The monoisotopic (exact) mass is 348 g/mol. The summed E-state index contributed by atoms with van der Waals surface area (Å²) in [6.45, 7) is 0.517. The molecule has 0 saturated heterocycles. The summed E-state index contributed by atoms with van der Waals surface area (Å²) in [5.74, 6) is 0.296. The Kier molecular flexibility index (Phi) is 3.71. The van der Waals surface area contributed by atoms with Crippen molar-refractivity contribution in [3.8, 4) is 0 Å². The summed E-state index contributed by atoms with van der Waals surface area (Å²) in [5.41, 5.74) is 8.85. The Morgan fingerprint density at radius 3 is 2.95 bits per heavy atom. The molecule has 0 atom stereocenters. The molecule has 1 aromatic heterocycles. The van der Waals surface area contributed by atoms with Crippen molar-refractivity contribution in [2.75, 3.05) is 12.8 Å². The van der Waals surface area contributed by atoms with Gasteiger partial charge in [0.15, 0.2) is 5.69 Å². The Morgan fingerprint density at radius 2 is 2.29 bits per heavy atom. The zero-order valence-electron chi connectivity index (χ0n) is 11.8. The number of nitrogens with two attached hydrogens (primary N) is 1. The minimum absolute atomic E-state index is 0.157. The van der Waals surface area contributed by atoms with Crippen LogP contribution in [0.2, 0.25) is 0 Å². The van der Waals surface area contributed by atoms with E-state index in [1.54, 1.807) is 11.9 Å². The molecule has 1 heterocycles. The van der Waals surface area contributed by atoms with Gasteiger partial charge in [0.25, 0.3) is 5.91 Å². The maximum Gasteiger partial charge on any atom is 0.276 e. The Bertz CT molecular complexity index is 678. The van der Waals surface area contributed by atoms with Crippen LogP contribution >= 0.6 is 15.9 Å². The van der Waals surface area contributed by atoms with E-state index in [1.807, 2.05) is 24.3 Å². The Morgan fingerprint density at radius 1 is 1.52 bits per heavy atom. The van der Waals surface area contributed by atoms with E-state index in [0.29, 0.717) is 23.8 Å². The van der Waals surface area contributed by atoms with Crippen LogP contribution in [0.3, 0.4) is 0 Å². The first-order valence-electron chi connectivity index (χ1n) is 6.90. The smallest absolute Gasteiger partial charge is 0.276 e. The standard InChI is InChI=1S/C15H17BrN4O/c1-20(8-9-3-2-4-11(16)7-9)15(21)14-12(17)13(18-19-14)10-5-6-10/h2-4,7,10H,5-6,8,17H2,1H3,(H,18,19). The van der Waals surface area contributed by atoms with E-state index in [0.717, 1.165) is 28.6 Å². The maximum absolute atomic E-state index is 12.5. The fraction of sp³-hybridized carbons (Fsp3) is 0.333. The molecule has 0 bridgehead atoms. The van der Waals surface area contributed by atoms with Gasteiger partial charge in [0.1, 0.15) is 0 Å². The first kappa shape index (κ1) is 14.1. The summed E-state index contributed by atoms with van der Waals surface area (Å²) in [7, 11) is 1.76. The van der Waals surface area contributed by atoms with Gasteiger partial charge in [0.2, 0.25) is 0 Å². The predicted molar refractivity (Wildman–Crippen MR) is 84.9 cm³/mol. The van der Waals surface area contributed by atoms with Crippen molar-refractivity contribution in [2.45, 2.75) is 25.3 Å². The molecule has 3 N–H and O–H groups in total. The highest BCUT2D eigenvalue weighted by molar-refractivity contribution is 9.10. The lowest BCUT2D eigenvalue weighted by Gasteiger charge is -2.16. The minimum Gasteiger partial charge on any atom is -0.395 e. The summed E-state index contributed by atoms with van der Waals surface area (Å²) in [6.07, 6.45) is 2.24. The molecular formula is C15H17BrN4O. The van der Waals surface area contributed by atoms with E-state index in [-0.39, 0.29) is 5.91 Å². The maximum atomic E-state index is 12.5. The van der Waals surface area contributed by atoms with Crippen molar-refractivity contribution < 1.29 is 4.79 Å². The quantitative estimate of drug-likeness (QED) is 0.891. The number of carbonyl (C=O) groups excluding carboxylic acids is 1. The topological polar surface area (TPSA) is 75.0 Å². The third-order valence-electron chi connectivity index (χ3n) is 3.68. The fourth-order valence-corrected chi connectivity index (χ4v) is 2.82. The van der Waals surface area contributed by atoms with Gasteiger partial charge in [0.05, 0.1) is 11.4 Å². The fourth-order valence-electron chi connectivity index (χ4n) is 2.37. The van der Waals surface area contributed by atoms with E-state index >= 15 is 0 Å². The van der Waals surface area contributed by atoms with Crippen molar-refractivity contribution in [1.82, 2.24) is 15.1 Å². The SMILES string of the molecule is CN(Cc1cccc(Br)c1)C(=O)c1n[nH]c(C2CC2)c1N. The number of aromatic amines is 1. The number of rotatable bonds is 4. The van der Waals surface area contributed by atoms with Crippen molar-refractivity contribution in [2.24, 2.45) is 0 Å². The molecule has 1 fully saturated rings. The second-order valence-electron chi connectivity index (χ2n) is 5.46. The number of benzene rings is 1. The molecule has 21 heavy (non-hydrogen) atoms. The number of H-pyrrole nitrogens is 1. The summed E-state index contributed by atoms with van der Waals surface area (Å²) in [4.78, 5) is 14.1. The van der Waals surface area contributed by atoms with Crippen LogP contribution in [0.25, 0.3) is 0 Å². The molecule has 0 aliphatic heterocycles. The number of amides is 1. The van der Waals surface area contributed by atoms with E-state index in [9.17, 15) is 4.79 Å². The molecule has 0 spiro atoms. The first-order valence-corrected chi connectivity index (χ1v) is 7.69. The molecule has 1 aliphatic carbocycles. The lowest BCUT2D eigenvalue weighted by molar-refractivity contribution is 0.0780. The van der Waals surface area contributed by atoms with Crippen molar-refractivity contribution in [3.63, 3.8) is 0 Å². The van der Waals surface area contributed by atoms with Gasteiger partial charge in [0, 0.05) is 24.0 Å². The van der Waals surface area contributed by atoms with Crippen LogP contribution in [-0.4, -0.2) is 28.1 Å². The number of nitrogen functional groups attached to an aromatic ring is 1. The molecule has 0 radical (unpaired) electrons. The van der Waals surface area contributed by atoms with Crippen LogP contribution < -0.4 is 5.73 Å². The van der Waals surface area contributed by atoms with E-state index < -0.39 is 0 Å². The lowest BCUT2D eigenvalue weighted by Crippen LogP contribution is -2.27. The Hall–Kier alpha value is -1.82. The number of carbonyl (C=O) groups is 1. The number of aromatic nitrogens is 2. The number of nitrogens with one attached hydrogen (secondary N) is 1. The van der Waals surface area contributed by atoms with Gasteiger partial charge in [-0.2, -0.15) is 5.10 Å². The molecule has 6 heteroatoms. The van der Waals surface area contributed by atoms with Gasteiger partial charge in [-0.3, -0.25) is 9.89 Å². The number of nitrogens with zero attached hydrogens (tertiary/aromatic N) is 2. The third kappa shape index (κ3) is 2.95. The molecule has 1 aromatic carbocycles. The van der Waals surface area contributed by atoms with Crippen LogP contribution in [-0.2, 0) is 6.54 Å². The predicted octanol–water partition coefficient (Wildman–Crippen LogP) is 2.90. The van der Waals surface area contributed by atoms with Crippen LogP contribution in [0, 0.1) is 0 Å². The van der Waals surface area contributed by atoms with Gasteiger partial charge < -0.3 is 10.6 Å². The zero-order chi connectivity index (χ0) is 15.0. The second-order valence-corrected chi connectivity index (χ2v) is 6.38. The lowest BCUT2D eigenvalue weighted by atomic mass is 10.2. The van der Waals surface area contributed by atoms with E-state index in [2.05, 4.69) is 26.1 Å². The number of hydrogen-bond acceptors (Lipinski definition) is 3. The van der Waals surface area contributed by atoms with Gasteiger partial charge in [-0.25, -0.2) is 0 Å². The Balaban J connectivity index is 1.75. The molecule has 3 rings (SSSR count). The average molecular weight is 349 g/mol. The molecule has 110 valence electrons. The second kappa shape index (κ2) is 5.52. The molecule has 1 saturated carbocycles. The molecular weight excluding hydrogens is 332 g/mol. The minimum atomic E-state index is -0.157. The summed E-state index contributed by atoms with van der Waals surface area (Å²) in [6, 6.07) is 7.89. The third-order valence-corrected chi connectivity index (χ3v) is 4.17. The summed E-state index contributed by atoms with van der Waals surface area (Å²) >= 11 is 3.43. The molecule has 0 unspecified atom stereocenters. The molecule has 1 aliphatic rings. The number of anilines is 1. The van der Waals surface area contributed by atoms with Crippen LogP contribution in [0.4, 0.5) is 5.69 Å². The van der Waals surface area contributed by atoms with Crippen molar-refractivity contribution in [1.29, 1.82) is 0 Å². The number of hydrogen-bond donors (Lipinski definition) is 2. The van der Waals surface area contributed by atoms with Crippen molar-refractivity contribution in [3.05, 3.63) is 45.7 Å². The molecule has 1 amide bonds. The van der Waals surface area contributed by atoms with E-state index in [4.69, 9.17) is 5.73 Å². The van der Waals surface area contributed by atoms with Gasteiger partial charge in [-0.05, 0) is 30.5 Å². The summed E-state index contributed by atoms with van der Waals surface area (Å²) < 4.78 is 0.996. The number of halogens is 1. The van der Waals surface area contributed by atoms with Crippen LogP contribution in [0.1, 0.15) is 40.5 Å². The highest BCUT2D eigenvalue weighted by Gasteiger charge is 2.31. The average Bonchev–Trinajstić information content (AvgIpc) is 3.21. The first-order chi connectivity index (χ1) is 10.1. The highest BCUT2D eigenvalue weighted by Crippen LogP contribution is 2.42. The van der Waals surface area contributed by atoms with Crippen LogP contribution in [0.15, 0.2) is 28.7 Å². The largest absolute Gasteiger partial charge is 0.395 e. The normalized spacial score (nSPS) is 14.2. The molecule has 5 nitrogen and oxygen atoms in total. The van der Waals surface area contributed by atoms with Gasteiger partial charge in [-0.15, -0.1) is 0 Å². The Labute approximate surface area is 131 Å². The van der Waals surface area contributed by atoms with Gasteiger partial charge >= 0.3 is 0 Å². The highest BCUT2D eigenvalue weighted by atomic mass is 79.9. The van der Waals surface area contributed by atoms with Gasteiger partial charge in [-0.1, -0.05) is 28.1 Å². The summed E-state index contributed by atoms with van der Waals surface area (Å²) in [5, 5.41) is 7.02. The van der Waals surface area contributed by atoms with Crippen LogP contribution in [0.5, 0.6) is 0 Å².